The Kier molecular flexibility index (Phi) is 4.77. The summed E-state index contributed by atoms with van der Waals surface area (Å²) in [5.41, 5.74) is 0.686. The van der Waals surface area contributed by atoms with Gasteiger partial charge in [0.05, 0.1) is 23.8 Å². The molecule has 142 valence electrons. The normalized spacial score (nSPS) is 23.2. The van der Waals surface area contributed by atoms with Crippen LogP contribution in [0, 0.1) is 0 Å². The Bertz CT molecular complexity index is 810. The number of rotatable bonds is 2. The zero-order valence-corrected chi connectivity index (χ0v) is 16.3. The first kappa shape index (κ1) is 18.2. The first-order valence-electron chi connectivity index (χ1n) is 8.74. The highest BCUT2D eigenvalue weighted by Crippen LogP contribution is 2.38. The SMILES string of the molecule is CC(=O)N1CCSc2ccc(S(=O)(=O)N3CCC4(CC3)OCCO4)cc21. The van der Waals surface area contributed by atoms with Crippen molar-refractivity contribution < 1.29 is 22.7 Å². The van der Waals surface area contributed by atoms with Crippen LogP contribution in [0.1, 0.15) is 19.8 Å². The van der Waals surface area contributed by atoms with Crippen LogP contribution in [0.3, 0.4) is 0 Å². The molecular formula is C17H22N2O5S2. The average molecular weight is 399 g/mol. The summed E-state index contributed by atoms with van der Waals surface area (Å²) >= 11 is 1.64. The molecule has 2 fully saturated rings. The molecule has 0 unspecified atom stereocenters. The molecule has 0 aliphatic carbocycles. The van der Waals surface area contributed by atoms with Gasteiger partial charge < -0.3 is 14.4 Å². The van der Waals surface area contributed by atoms with E-state index in [1.165, 1.54) is 11.2 Å². The molecule has 1 spiro atoms. The number of ether oxygens (including phenoxy) is 2. The van der Waals surface area contributed by atoms with E-state index in [1.54, 1.807) is 34.9 Å². The van der Waals surface area contributed by atoms with Gasteiger partial charge in [0.1, 0.15) is 0 Å². The Labute approximate surface area is 157 Å². The van der Waals surface area contributed by atoms with E-state index in [2.05, 4.69) is 0 Å². The second-order valence-corrected chi connectivity index (χ2v) is 9.74. The Morgan fingerprint density at radius 1 is 1.15 bits per heavy atom. The van der Waals surface area contributed by atoms with Crippen molar-refractivity contribution in [3.8, 4) is 0 Å². The smallest absolute Gasteiger partial charge is 0.243 e. The van der Waals surface area contributed by atoms with E-state index in [1.807, 2.05) is 0 Å². The molecule has 1 aromatic rings. The second kappa shape index (κ2) is 6.79. The highest BCUT2D eigenvalue weighted by atomic mass is 32.2. The van der Waals surface area contributed by atoms with Crippen LogP contribution in [0.5, 0.6) is 0 Å². The summed E-state index contributed by atoms with van der Waals surface area (Å²) in [7, 11) is -3.62. The molecule has 0 aromatic heterocycles. The molecule has 3 heterocycles. The molecule has 9 heteroatoms. The first-order valence-corrected chi connectivity index (χ1v) is 11.2. The lowest BCUT2D eigenvalue weighted by molar-refractivity contribution is -0.179. The molecule has 2 saturated heterocycles. The molecule has 26 heavy (non-hydrogen) atoms. The number of piperidine rings is 1. The summed E-state index contributed by atoms with van der Waals surface area (Å²) in [6, 6.07) is 5.07. The summed E-state index contributed by atoms with van der Waals surface area (Å²) in [6.45, 7) is 3.96. The van der Waals surface area contributed by atoms with Gasteiger partial charge in [0.25, 0.3) is 0 Å². The van der Waals surface area contributed by atoms with Gasteiger partial charge in [-0.3, -0.25) is 4.79 Å². The van der Waals surface area contributed by atoms with Crippen LogP contribution in [-0.4, -0.2) is 63.0 Å². The summed E-state index contributed by atoms with van der Waals surface area (Å²) < 4.78 is 39.0. The van der Waals surface area contributed by atoms with Crippen LogP contribution < -0.4 is 4.90 Å². The summed E-state index contributed by atoms with van der Waals surface area (Å²) in [5, 5.41) is 0. The molecule has 1 aromatic carbocycles. The molecule has 0 atom stereocenters. The zero-order chi connectivity index (χ0) is 18.4. The molecule has 7 nitrogen and oxygen atoms in total. The Hall–Kier alpha value is -1.13. The van der Waals surface area contributed by atoms with Gasteiger partial charge in [-0.15, -0.1) is 11.8 Å². The maximum absolute atomic E-state index is 13.1. The van der Waals surface area contributed by atoms with Gasteiger partial charge in [0, 0.05) is 50.0 Å². The van der Waals surface area contributed by atoms with Crippen molar-refractivity contribution >= 4 is 33.4 Å². The molecule has 0 radical (unpaired) electrons. The van der Waals surface area contributed by atoms with Crippen LogP contribution in [0.2, 0.25) is 0 Å². The number of sulfonamides is 1. The van der Waals surface area contributed by atoms with Gasteiger partial charge in [0.2, 0.25) is 15.9 Å². The van der Waals surface area contributed by atoms with E-state index in [9.17, 15) is 13.2 Å². The Balaban J connectivity index is 1.59. The summed E-state index contributed by atoms with van der Waals surface area (Å²) in [4.78, 5) is 14.7. The lowest BCUT2D eigenvalue weighted by atomic mass is 10.1. The molecule has 1 amide bonds. The lowest BCUT2D eigenvalue weighted by Crippen LogP contribution is -2.47. The minimum absolute atomic E-state index is 0.0726. The molecule has 0 saturated carbocycles. The maximum Gasteiger partial charge on any atom is 0.243 e. The summed E-state index contributed by atoms with van der Waals surface area (Å²) in [6.07, 6.45) is 1.07. The van der Waals surface area contributed by atoms with E-state index >= 15 is 0 Å². The van der Waals surface area contributed by atoms with Crippen molar-refractivity contribution in [2.75, 3.05) is 43.5 Å². The highest BCUT2D eigenvalue weighted by molar-refractivity contribution is 7.99. The van der Waals surface area contributed by atoms with Crippen molar-refractivity contribution in [2.24, 2.45) is 0 Å². The van der Waals surface area contributed by atoms with E-state index in [0.717, 1.165) is 10.6 Å². The van der Waals surface area contributed by atoms with Crippen molar-refractivity contribution in [3.63, 3.8) is 0 Å². The van der Waals surface area contributed by atoms with Crippen LogP contribution in [0.25, 0.3) is 0 Å². The predicted octanol–water partition coefficient (Wildman–Crippen LogP) is 1.67. The number of amides is 1. The largest absolute Gasteiger partial charge is 0.347 e. The molecule has 4 rings (SSSR count). The third-order valence-corrected chi connectivity index (χ3v) is 8.05. The van der Waals surface area contributed by atoms with Gasteiger partial charge in [-0.05, 0) is 18.2 Å². The summed E-state index contributed by atoms with van der Waals surface area (Å²) in [5.74, 6) is 0.133. The van der Waals surface area contributed by atoms with Crippen LogP contribution in [-0.2, 0) is 24.3 Å². The zero-order valence-electron chi connectivity index (χ0n) is 14.6. The van der Waals surface area contributed by atoms with E-state index in [-0.39, 0.29) is 10.8 Å². The molecule has 3 aliphatic heterocycles. The molecular weight excluding hydrogens is 376 g/mol. The van der Waals surface area contributed by atoms with Crippen molar-refractivity contribution in [1.29, 1.82) is 0 Å². The predicted molar refractivity (Wildman–Crippen MR) is 97.8 cm³/mol. The van der Waals surface area contributed by atoms with Crippen LogP contribution in [0.4, 0.5) is 5.69 Å². The Morgan fingerprint density at radius 2 is 1.85 bits per heavy atom. The van der Waals surface area contributed by atoms with E-state index < -0.39 is 15.8 Å². The number of anilines is 1. The van der Waals surface area contributed by atoms with Crippen LogP contribution in [0.15, 0.2) is 28.0 Å². The minimum Gasteiger partial charge on any atom is -0.347 e. The number of thioether (sulfide) groups is 1. The third kappa shape index (κ3) is 3.16. The number of hydrogen-bond donors (Lipinski definition) is 0. The fraction of sp³-hybridized carbons (Fsp3) is 0.588. The monoisotopic (exact) mass is 398 g/mol. The quantitative estimate of drug-likeness (QED) is 0.754. The number of carbonyl (C=O) groups is 1. The molecule has 0 N–H and O–H groups in total. The van der Waals surface area contributed by atoms with E-state index in [0.29, 0.717) is 51.4 Å². The highest BCUT2D eigenvalue weighted by Gasteiger charge is 2.42. The van der Waals surface area contributed by atoms with Gasteiger partial charge in [0.15, 0.2) is 5.79 Å². The van der Waals surface area contributed by atoms with Crippen molar-refractivity contribution in [3.05, 3.63) is 18.2 Å². The molecule has 3 aliphatic rings. The number of hydrogen-bond acceptors (Lipinski definition) is 6. The Morgan fingerprint density at radius 3 is 2.50 bits per heavy atom. The lowest BCUT2D eigenvalue weighted by Gasteiger charge is -2.37. The fourth-order valence-corrected chi connectivity index (χ4v) is 6.12. The average Bonchev–Trinajstić information content (AvgIpc) is 3.09. The van der Waals surface area contributed by atoms with Gasteiger partial charge in [-0.25, -0.2) is 8.42 Å². The molecule has 0 bridgehead atoms. The topological polar surface area (TPSA) is 76.2 Å². The van der Waals surface area contributed by atoms with Gasteiger partial charge in [-0.2, -0.15) is 4.31 Å². The number of nitrogens with zero attached hydrogens (tertiary/aromatic N) is 2. The maximum atomic E-state index is 13.1. The fourth-order valence-electron chi connectivity index (χ4n) is 3.69. The van der Waals surface area contributed by atoms with Gasteiger partial charge >= 0.3 is 0 Å². The number of fused-ring (bicyclic) bond motifs is 1. The van der Waals surface area contributed by atoms with Gasteiger partial charge in [-0.1, -0.05) is 0 Å². The minimum atomic E-state index is -3.62. The van der Waals surface area contributed by atoms with Crippen LogP contribution >= 0.6 is 11.8 Å². The standard InChI is InChI=1S/C17H22N2O5S2/c1-13(20)19-8-11-25-16-3-2-14(12-15(16)19)26(21,22)18-6-4-17(5-7-18)23-9-10-24-17/h2-3,12H,4-11H2,1H3. The number of benzene rings is 1. The number of carbonyl (C=O) groups excluding carboxylic acids is 1. The van der Waals surface area contributed by atoms with Crippen molar-refractivity contribution in [2.45, 2.75) is 35.3 Å². The third-order valence-electron chi connectivity index (χ3n) is 5.11. The first-order chi connectivity index (χ1) is 12.4. The van der Waals surface area contributed by atoms with Crippen molar-refractivity contribution in [1.82, 2.24) is 4.31 Å². The van der Waals surface area contributed by atoms with E-state index in [4.69, 9.17) is 9.47 Å². The second-order valence-electron chi connectivity index (χ2n) is 6.66.